The first-order valence-electron chi connectivity index (χ1n) is 9.47. The number of likely N-dealkylation sites (N-methyl/N-ethyl adjacent to an activating group) is 1. The van der Waals surface area contributed by atoms with Gasteiger partial charge in [-0.3, -0.25) is 4.21 Å². The monoisotopic (exact) mass is 395 g/mol. The number of rotatable bonds is 5. The molecule has 2 heterocycles. The fraction of sp³-hybridized carbons (Fsp3) is 0.286. The number of nitrogens with one attached hydrogen (secondary N) is 1. The van der Waals surface area contributed by atoms with E-state index in [0.29, 0.717) is 5.69 Å². The standard InChI is InChI=1S/C21H24N4O2S/c1-2-24-11-13-25(14-12-24)21-19-6-4-3-5-17(19)15-20(22-21)16-7-9-18(10-8-16)23-28(26)27/h3-10,15,23H,2,11-14H2,1H3,(H,26,27)/p-1. The zero-order valence-electron chi connectivity index (χ0n) is 15.8. The third kappa shape index (κ3) is 4.01. The molecule has 1 fully saturated rings. The van der Waals surface area contributed by atoms with Crippen molar-refractivity contribution in [2.45, 2.75) is 6.92 Å². The van der Waals surface area contributed by atoms with Gasteiger partial charge in [-0.2, -0.15) is 0 Å². The summed E-state index contributed by atoms with van der Waals surface area (Å²) in [6, 6.07) is 17.7. The molecule has 1 aliphatic rings. The smallest absolute Gasteiger partial charge is 0.137 e. The van der Waals surface area contributed by atoms with E-state index in [1.54, 1.807) is 12.1 Å². The van der Waals surface area contributed by atoms with E-state index in [-0.39, 0.29) is 0 Å². The Kier molecular flexibility index (Phi) is 5.57. The molecule has 3 aromatic rings. The number of piperazine rings is 1. The van der Waals surface area contributed by atoms with Gasteiger partial charge in [0.2, 0.25) is 0 Å². The molecule has 0 saturated carbocycles. The van der Waals surface area contributed by atoms with Crippen LogP contribution in [0, 0.1) is 0 Å². The van der Waals surface area contributed by atoms with Gasteiger partial charge in [-0.15, -0.1) is 0 Å². The van der Waals surface area contributed by atoms with E-state index in [2.05, 4.69) is 45.7 Å². The number of pyridine rings is 1. The Morgan fingerprint density at radius 1 is 1.07 bits per heavy atom. The summed E-state index contributed by atoms with van der Waals surface area (Å²) in [4.78, 5) is 9.82. The highest BCUT2D eigenvalue weighted by molar-refractivity contribution is 7.80. The molecular weight excluding hydrogens is 372 g/mol. The van der Waals surface area contributed by atoms with Crippen molar-refractivity contribution in [3.8, 4) is 11.3 Å². The van der Waals surface area contributed by atoms with Crippen molar-refractivity contribution in [1.29, 1.82) is 0 Å². The maximum atomic E-state index is 10.8. The third-order valence-electron chi connectivity index (χ3n) is 5.22. The minimum absolute atomic E-state index is 0.536. The lowest BCUT2D eigenvalue weighted by Gasteiger charge is -2.35. The van der Waals surface area contributed by atoms with Gasteiger partial charge in [0.05, 0.1) is 5.69 Å². The molecule has 1 saturated heterocycles. The number of anilines is 2. The van der Waals surface area contributed by atoms with Crippen LogP contribution < -0.4 is 9.62 Å². The summed E-state index contributed by atoms with van der Waals surface area (Å²) in [5.74, 6) is 1.02. The van der Waals surface area contributed by atoms with Gasteiger partial charge in [0.15, 0.2) is 0 Å². The SMILES string of the molecule is CCN1CCN(c2nc(-c3ccc(NS(=O)[O-])cc3)cc3ccccc23)CC1. The Bertz CT molecular complexity index is 985. The zero-order chi connectivity index (χ0) is 19.5. The first-order valence-corrected chi connectivity index (χ1v) is 10.5. The highest BCUT2D eigenvalue weighted by Gasteiger charge is 2.19. The number of fused-ring (bicyclic) bond motifs is 1. The molecule has 1 unspecified atom stereocenters. The first kappa shape index (κ1) is 18.9. The molecule has 1 N–H and O–H groups in total. The van der Waals surface area contributed by atoms with Crippen LogP contribution in [-0.2, 0) is 11.3 Å². The number of hydrogen-bond acceptors (Lipinski definition) is 5. The highest BCUT2D eigenvalue weighted by atomic mass is 32.2. The van der Waals surface area contributed by atoms with Gasteiger partial charge >= 0.3 is 0 Å². The first-order chi connectivity index (χ1) is 13.6. The normalized spacial score (nSPS) is 16.3. The van der Waals surface area contributed by atoms with E-state index in [0.717, 1.165) is 60.6 Å². The second kappa shape index (κ2) is 8.26. The lowest BCUT2D eigenvalue weighted by Crippen LogP contribution is -2.46. The van der Waals surface area contributed by atoms with Crippen LogP contribution in [-0.4, -0.2) is 51.4 Å². The van der Waals surface area contributed by atoms with Gasteiger partial charge in [0.25, 0.3) is 0 Å². The minimum atomic E-state index is -2.32. The van der Waals surface area contributed by atoms with E-state index in [9.17, 15) is 8.76 Å². The van der Waals surface area contributed by atoms with E-state index >= 15 is 0 Å². The number of nitrogens with zero attached hydrogens (tertiary/aromatic N) is 3. The van der Waals surface area contributed by atoms with Gasteiger partial charge < -0.3 is 19.1 Å². The summed E-state index contributed by atoms with van der Waals surface area (Å²) in [6.07, 6.45) is 0. The predicted octanol–water partition coefficient (Wildman–Crippen LogP) is 3.25. The molecule has 0 aliphatic carbocycles. The zero-order valence-corrected chi connectivity index (χ0v) is 16.6. The van der Waals surface area contributed by atoms with Gasteiger partial charge in [-0.05, 0) is 30.1 Å². The van der Waals surface area contributed by atoms with Crippen molar-refractivity contribution in [2.24, 2.45) is 0 Å². The quantitative estimate of drug-likeness (QED) is 0.672. The minimum Gasteiger partial charge on any atom is -0.755 e. The molecule has 1 aromatic heterocycles. The van der Waals surface area contributed by atoms with Crippen LogP contribution in [0.3, 0.4) is 0 Å². The molecule has 7 heteroatoms. The Labute approximate surface area is 167 Å². The second-order valence-electron chi connectivity index (χ2n) is 6.89. The summed E-state index contributed by atoms with van der Waals surface area (Å²) in [5.41, 5.74) is 2.39. The van der Waals surface area contributed by atoms with Crippen LogP contribution >= 0.6 is 0 Å². The van der Waals surface area contributed by atoms with Gasteiger partial charge in [-0.25, -0.2) is 4.98 Å². The van der Waals surface area contributed by atoms with Crippen molar-refractivity contribution < 1.29 is 8.76 Å². The van der Waals surface area contributed by atoms with E-state index in [1.807, 2.05) is 18.2 Å². The van der Waals surface area contributed by atoms with E-state index in [1.165, 1.54) is 0 Å². The fourth-order valence-corrected chi connectivity index (χ4v) is 3.98. The summed E-state index contributed by atoms with van der Waals surface area (Å²) in [5, 5.41) is 2.32. The Morgan fingerprint density at radius 3 is 2.46 bits per heavy atom. The maximum absolute atomic E-state index is 10.8. The van der Waals surface area contributed by atoms with E-state index < -0.39 is 11.3 Å². The number of benzene rings is 2. The van der Waals surface area contributed by atoms with Crippen molar-refractivity contribution in [1.82, 2.24) is 9.88 Å². The molecule has 0 spiro atoms. The maximum Gasteiger partial charge on any atom is 0.137 e. The molecule has 146 valence electrons. The molecule has 0 bridgehead atoms. The largest absolute Gasteiger partial charge is 0.755 e. The molecule has 6 nitrogen and oxygen atoms in total. The van der Waals surface area contributed by atoms with Crippen molar-refractivity contribution in [3.63, 3.8) is 0 Å². The molecule has 2 aromatic carbocycles. The highest BCUT2D eigenvalue weighted by Crippen LogP contribution is 2.31. The number of hydrogen-bond donors (Lipinski definition) is 1. The molecular formula is C21H23N4O2S-. The topological polar surface area (TPSA) is 71.5 Å². The molecule has 28 heavy (non-hydrogen) atoms. The van der Waals surface area contributed by atoms with Gasteiger partial charge in [-0.1, -0.05) is 43.3 Å². The van der Waals surface area contributed by atoms with Crippen molar-refractivity contribution in [2.75, 3.05) is 42.3 Å². The fourth-order valence-electron chi connectivity index (χ4n) is 3.65. The van der Waals surface area contributed by atoms with E-state index in [4.69, 9.17) is 4.98 Å². The summed E-state index contributed by atoms with van der Waals surface area (Å²) >= 11 is -2.32. The molecule has 0 radical (unpaired) electrons. The van der Waals surface area contributed by atoms with Crippen LogP contribution in [0.4, 0.5) is 11.5 Å². The average Bonchev–Trinajstić information content (AvgIpc) is 2.73. The van der Waals surface area contributed by atoms with Gasteiger partial charge in [0, 0.05) is 54.1 Å². The number of aromatic nitrogens is 1. The Hall–Kier alpha value is -2.48. The summed E-state index contributed by atoms with van der Waals surface area (Å²) in [6.45, 7) is 7.30. The predicted molar refractivity (Wildman–Crippen MR) is 114 cm³/mol. The van der Waals surface area contributed by atoms with Crippen LogP contribution in [0.2, 0.25) is 0 Å². The third-order valence-corrected chi connectivity index (χ3v) is 5.62. The van der Waals surface area contributed by atoms with Gasteiger partial charge in [0.1, 0.15) is 5.82 Å². The lowest BCUT2D eigenvalue weighted by atomic mass is 10.1. The molecule has 4 rings (SSSR count). The Morgan fingerprint density at radius 2 is 1.79 bits per heavy atom. The van der Waals surface area contributed by atoms with Crippen LogP contribution in [0.15, 0.2) is 54.6 Å². The lowest BCUT2D eigenvalue weighted by molar-refractivity contribution is 0.271. The molecule has 1 atom stereocenters. The van der Waals surface area contributed by atoms with Crippen LogP contribution in [0.25, 0.3) is 22.0 Å². The van der Waals surface area contributed by atoms with Crippen LogP contribution in [0.1, 0.15) is 6.92 Å². The second-order valence-corrected chi connectivity index (χ2v) is 7.56. The Balaban J connectivity index is 1.71. The molecule has 1 aliphatic heterocycles. The molecule has 0 amide bonds. The van der Waals surface area contributed by atoms with Crippen molar-refractivity contribution in [3.05, 3.63) is 54.6 Å². The van der Waals surface area contributed by atoms with Crippen molar-refractivity contribution >= 4 is 33.5 Å². The van der Waals surface area contributed by atoms with Crippen LogP contribution in [0.5, 0.6) is 0 Å². The average molecular weight is 396 g/mol. The summed E-state index contributed by atoms with van der Waals surface area (Å²) < 4.78 is 24.0. The summed E-state index contributed by atoms with van der Waals surface area (Å²) in [7, 11) is 0.